The van der Waals surface area contributed by atoms with Gasteiger partial charge in [0.1, 0.15) is 11.3 Å². The molecule has 3 aromatic rings. The second-order valence-electron chi connectivity index (χ2n) is 7.31. The lowest BCUT2D eigenvalue weighted by Crippen LogP contribution is -2.36. The van der Waals surface area contributed by atoms with Gasteiger partial charge in [0.25, 0.3) is 5.91 Å². The van der Waals surface area contributed by atoms with Crippen molar-refractivity contribution in [2.24, 2.45) is 12.0 Å². The zero-order valence-corrected chi connectivity index (χ0v) is 21.3. The van der Waals surface area contributed by atoms with E-state index in [2.05, 4.69) is 4.99 Å². The number of benzene rings is 2. The number of aryl methyl sites for hydroxylation is 1. The van der Waals surface area contributed by atoms with Gasteiger partial charge in [0.2, 0.25) is 10.0 Å². The summed E-state index contributed by atoms with van der Waals surface area (Å²) in [6.07, 6.45) is 0. The van der Waals surface area contributed by atoms with Crippen molar-refractivity contribution in [3.63, 3.8) is 0 Å². The fourth-order valence-corrected chi connectivity index (χ4v) is 5.80. The van der Waals surface area contributed by atoms with Crippen molar-refractivity contribution in [1.82, 2.24) is 8.87 Å². The number of amides is 1. The average molecular weight is 508 g/mol. The highest BCUT2D eigenvalue weighted by molar-refractivity contribution is 7.89. The number of thiazole rings is 1. The van der Waals surface area contributed by atoms with Gasteiger partial charge in [0, 0.05) is 39.9 Å². The molecular formula is C23H29N3O6S2. The predicted molar refractivity (Wildman–Crippen MR) is 131 cm³/mol. The molecule has 184 valence electrons. The van der Waals surface area contributed by atoms with E-state index in [-0.39, 0.29) is 31.2 Å². The van der Waals surface area contributed by atoms with Gasteiger partial charge in [0.05, 0.1) is 29.4 Å². The Morgan fingerprint density at radius 2 is 1.71 bits per heavy atom. The van der Waals surface area contributed by atoms with Gasteiger partial charge in [-0.3, -0.25) is 4.79 Å². The molecule has 0 saturated heterocycles. The number of para-hydroxylation sites is 1. The first-order valence-electron chi connectivity index (χ1n) is 10.7. The highest BCUT2D eigenvalue weighted by Gasteiger charge is 2.24. The number of hydrogen-bond acceptors (Lipinski definition) is 7. The summed E-state index contributed by atoms with van der Waals surface area (Å²) in [7, 11) is 1.09. The standard InChI is InChI=1S/C23H29N3O6S2/c1-5-32-19-7-6-8-20-21(19)25(2)23(33-20)24-22(27)17-9-11-18(12-10-17)34(28,29)26(13-15-30-3)14-16-31-4/h6-12H,5,13-16H2,1-4H3. The molecule has 11 heteroatoms. The number of aromatic nitrogens is 1. The van der Waals surface area contributed by atoms with Crippen LogP contribution in [0.5, 0.6) is 5.75 Å². The largest absolute Gasteiger partial charge is 0.492 e. The van der Waals surface area contributed by atoms with Crippen LogP contribution in [0.15, 0.2) is 52.4 Å². The summed E-state index contributed by atoms with van der Waals surface area (Å²) in [5.41, 5.74) is 1.16. The Hall–Kier alpha value is -2.57. The number of carbonyl (C=O) groups is 1. The van der Waals surface area contributed by atoms with E-state index in [0.29, 0.717) is 17.0 Å². The van der Waals surface area contributed by atoms with Crippen LogP contribution in [0.1, 0.15) is 17.3 Å². The maximum Gasteiger partial charge on any atom is 0.279 e. The zero-order valence-electron chi connectivity index (χ0n) is 19.7. The SMILES string of the molecule is CCOc1cccc2sc(=NC(=O)c3ccc(S(=O)(=O)N(CCOC)CCOC)cc3)n(C)c12. The molecule has 0 aliphatic heterocycles. The van der Waals surface area contributed by atoms with Crippen LogP contribution in [0, 0.1) is 0 Å². The third-order valence-electron chi connectivity index (χ3n) is 5.11. The minimum absolute atomic E-state index is 0.0880. The van der Waals surface area contributed by atoms with Crippen LogP contribution in [0.25, 0.3) is 10.2 Å². The smallest absolute Gasteiger partial charge is 0.279 e. The van der Waals surface area contributed by atoms with E-state index in [1.165, 1.54) is 54.1 Å². The molecule has 3 rings (SSSR count). The van der Waals surface area contributed by atoms with E-state index in [1.54, 1.807) is 0 Å². The maximum absolute atomic E-state index is 13.0. The molecule has 0 N–H and O–H groups in total. The molecule has 34 heavy (non-hydrogen) atoms. The molecule has 1 aromatic heterocycles. The number of sulfonamides is 1. The summed E-state index contributed by atoms with van der Waals surface area (Å²) in [5, 5.41) is 0. The Morgan fingerprint density at radius 3 is 2.29 bits per heavy atom. The monoisotopic (exact) mass is 507 g/mol. The summed E-state index contributed by atoms with van der Waals surface area (Å²) >= 11 is 1.38. The Balaban J connectivity index is 1.88. The quantitative estimate of drug-likeness (QED) is 0.396. The fourth-order valence-electron chi connectivity index (χ4n) is 3.36. The molecule has 9 nitrogen and oxygen atoms in total. The Labute approximate surface area is 203 Å². The predicted octanol–water partition coefficient (Wildman–Crippen LogP) is 2.66. The number of hydrogen-bond donors (Lipinski definition) is 0. The lowest BCUT2D eigenvalue weighted by Gasteiger charge is -2.21. The topological polar surface area (TPSA) is 99.4 Å². The summed E-state index contributed by atoms with van der Waals surface area (Å²) in [4.78, 5) is 17.7. The maximum atomic E-state index is 13.0. The number of fused-ring (bicyclic) bond motifs is 1. The fraction of sp³-hybridized carbons (Fsp3) is 0.391. The summed E-state index contributed by atoms with van der Waals surface area (Å²) in [6.45, 7) is 3.36. The average Bonchev–Trinajstić information content (AvgIpc) is 3.15. The van der Waals surface area contributed by atoms with Gasteiger partial charge in [0.15, 0.2) is 4.80 Å². The van der Waals surface area contributed by atoms with Crippen LogP contribution in [0.2, 0.25) is 0 Å². The Kier molecular flexibility index (Phi) is 8.97. The lowest BCUT2D eigenvalue weighted by atomic mass is 10.2. The van der Waals surface area contributed by atoms with Crippen molar-refractivity contribution in [3.8, 4) is 5.75 Å². The van der Waals surface area contributed by atoms with Crippen LogP contribution in [-0.4, -0.2) is 70.3 Å². The molecule has 0 saturated carbocycles. The van der Waals surface area contributed by atoms with E-state index < -0.39 is 15.9 Å². The van der Waals surface area contributed by atoms with Crippen LogP contribution >= 0.6 is 11.3 Å². The van der Waals surface area contributed by atoms with Gasteiger partial charge >= 0.3 is 0 Å². The van der Waals surface area contributed by atoms with Crippen molar-refractivity contribution >= 4 is 37.5 Å². The zero-order chi connectivity index (χ0) is 24.7. The number of rotatable bonds is 11. The molecule has 1 heterocycles. The van der Waals surface area contributed by atoms with Crippen molar-refractivity contribution in [3.05, 3.63) is 52.8 Å². The minimum Gasteiger partial charge on any atom is -0.492 e. The van der Waals surface area contributed by atoms with E-state index >= 15 is 0 Å². The second-order valence-corrected chi connectivity index (χ2v) is 10.3. The Bertz CT molecular complexity index is 1290. The van der Waals surface area contributed by atoms with Crippen molar-refractivity contribution in [2.45, 2.75) is 11.8 Å². The molecule has 2 aromatic carbocycles. The number of ether oxygens (including phenoxy) is 3. The highest BCUT2D eigenvalue weighted by Crippen LogP contribution is 2.27. The highest BCUT2D eigenvalue weighted by atomic mass is 32.2. The molecular weight excluding hydrogens is 478 g/mol. The van der Waals surface area contributed by atoms with Crippen LogP contribution < -0.4 is 9.54 Å². The molecule has 0 bridgehead atoms. The van der Waals surface area contributed by atoms with E-state index in [9.17, 15) is 13.2 Å². The third-order valence-corrected chi connectivity index (χ3v) is 8.12. The molecule has 1 amide bonds. The van der Waals surface area contributed by atoms with Crippen molar-refractivity contribution < 1.29 is 27.4 Å². The van der Waals surface area contributed by atoms with E-state index in [0.717, 1.165) is 16.0 Å². The molecule has 0 fully saturated rings. The molecule has 0 aliphatic rings. The number of carbonyl (C=O) groups excluding carboxylic acids is 1. The Morgan fingerprint density at radius 1 is 1.06 bits per heavy atom. The summed E-state index contributed by atoms with van der Waals surface area (Å²) in [6, 6.07) is 11.5. The normalized spacial score (nSPS) is 12.6. The molecule has 0 radical (unpaired) electrons. The first kappa shape index (κ1) is 26.0. The van der Waals surface area contributed by atoms with Gasteiger partial charge in [-0.1, -0.05) is 17.4 Å². The second kappa shape index (κ2) is 11.7. The van der Waals surface area contributed by atoms with Crippen molar-refractivity contribution in [2.75, 3.05) is 47.1 Å². The van der Waals surface area contributed by atoms with Gasteiger partial charge in [-0.15, -0.1) is 0 Å². The third kappa shape index (κ3) is 5.73. The number of nitrogens with zero attached hydrogens (tertiary/aromatic N) is 3. The first-order chi connectivity index (χ1) is 16.3. The first-order valence-corrected chi connectivity index (χ1v) is 13.0. The minimum atomic E-state index is -3.77. The van der Waals surface area contributed by atoms with Crippen LogP contribution in [-0.2, 0) is 26.5 Å². The summed E-state index contributed by atoms with van der Waals surface area (Å²) in [5.74, 6) is 0.272. The van der Waals surface area contributed by atoms with Crippen molar-refractivity contribution in [1.29, 1.82) is 0 Å². The summed E-state index contributed by atoms with van der Waals surface area (Å²) < 4.78 is 45.9. The lowest BCUT2D eigenvalue weighted by molar-refractivity contribution is 0.0998. The van der Waals surface area contributed by atoms with Crippen LogP contribution in [0.4, 0.5) is 0 Å². The van der Waals surface area contributed by atoms with E-state index in [4.69, 9.17) is 14.2 Å². The molecule has 0 unspecified atom stereocenters. The van der Waals surface area contributed by atoms with Gasteiger partial charge < -0.3 is 18.8 Å². The van der Waals surface area contributed by atoms with Gasteiger partial charge in [-0.05, 0) is 43.3 Å². The molecule has 0 aliphatic carbocycles. The van der Waals surface area contributed by atoms with Gasteiger partial charge in [-0.25, -0.2) is 8.42 Å². The van der Waals surface area contributed by atoms with Crippen LogP contribution in [0.3, 0.4) is 0 Å². The van der Waals surface area contributed by atoms with Gasteiger partial charge in [-0.2, -0.15) is 9.30 Å². The number of methoxy groups -OCH3 is 2. The van der Waals surface area contributed by atoms with E-state index in [1.807, 2.05) is 36.7 Å². The molecule has 0 atom stereocenters. The molecule has 0 spiro atoms.